The lowest BCUT2D eigenvalue weighted by Gasteiger charge is -2.34. The van der Waals surface area contributed by atoms with E-state index in [1.54, 1.807) is 0 Å². The summed E-state index contributed by atoms with van der Waals surface area (Å²) >= 11 is 6.14. The van der Waals surface area contributed by atoms with Gasteiger partial charge in [-0.15, -0.1) is 0 Å². The summed E-state index contributed by atoms with van der Waals surface area (Å²) in [6, 6.07) is 3.38. The van der Waals surface area contributed by atoms with Crippen LogP contribution in [0.5, 0.6) is 0 Å². The number of carbonyl (C=O) groups is 4. The molecule has 4 atom stereocenters. The Morgan fingerprint density at radius 3 is 2.45 bits per heavy atom. The van der Waals surface area contributed by atoms with E-state index in [2.05, 4.69) is 0 Å². The molecule has 3 aliphatic heterocycles. The number of nitro benzene ring substituents is 1. The fourth-order valence-electron chi connectivity index (χ4n) is 4.24. The van der Waals surface area contributed by atoms with Gasteiger partial charge in [0.05, 0.1) is 33.6 Å². The number of nitro groups is 1. The molecule has 4 rings (SSSR count). The van der Waals surface area contributed by atoms with Crippen LogP contribution in [-0.4, -0.2) is 46.7 Å². The van der Waals surface area contributed by atoms with Crippen LogP contribution in [0.3, 0.4) is 0 Å². The molecule has 12 heteroatoms. The highest BCUT2D eigenvalue weighted by Crippen LogP contribution is 2.55. The average molecular weight is 451 g/mol. The highest BCUT2D eigenvalue weighted by Gasteiger charge is 2.72. The number of benzene rings is 1. The van der Waals surface area contributed by atoms with Gasteiger partial charge < -0.3 is 14.2 Å². The predicted octanol–water partition coefficient (Wildman–Crippen LogP) is 1.51. The molecule has 3 aliphatic rings. The predicted molar refractivity (Wildman–Crippen MR) is 102 cm³/mol. The smallest absolute Gasteiger partial charge is 0.305 e. The fraction of sp³-hybridized carbons (Fsp3) is 0.368. The largest absolute Gasteiger partial charge is 0.422 e. The second kappa shape index (κ2) is 7.13. The minimum Gasteiger partial charge on any atom is -0.422 e. The van der Waals surface area contributed by atoms with Gasteiger partial charge in [-0.2, -0.15) is 0 Å². The minimum atomic E-state index is -1.72. The molecule has 11 nitrogen and oxygen atoms in total. The van der Waals surface area contributed by atoms with Crippen molar-refractivity contribution in [3.05, 3.63) is 45.5 Å². The molecule has 0 N–H and O–H groups in total. The SMILES string of the molecule is CC(=O)OC(OC(C)=O)[C@@]12C=C[C@@H](O1)[C@H]1C(=O)N(c3cc([N+](=O)[O-])ccc3Cl)C(=O)[C@@H]12. The van der Waals surface area contributed by atoms with E-state index >= 15 is 0 Å². The standard InChI is InChI=1S/C19H15ClN2O9/c1-8(23)29-18(30-9(2)24)19-6-5-13(31-19)14-15(19)17(26)21(16(14)25)12-7-10(22(27)28)3-4-11(12)20/h3-7,13-15,18H,1-2H3/t13-,14-,15-,19+/m1/s1. The normalized spacial score (nSPS) is 28.3. The van der Waals surface area contributed by atoms with Crippen molar-refractivity contribution in [1.29, 1.82) is 0 Å². The second-order valence-corrected chi connectivity index (χ2v) is 7.66. The molecule has 2 saturated heterocycles. The number of non-ortho nitro benzene ring substituents is 1. The number of nitrogens with zero attached hydrogens (tertiary/aromatic N) is 2. The third kappa shape index (κ3) is 3.08. The van der Waals surface area contributed by atoms with E-state index in [0.29, 0.717) is 0 Å². The van der Waals surface area contributed by atoms with Crippen molar-refractivity contribution in [2.24, 2.45) is 11.8 Å². The molecule has 0 aromatic heterocycles. The van der Waals surface area contributed by atoms with E-state index in [0.717, 1.165) is 30.9 Å². The first-order valence-corrected chi connectivity index (χ1v) is 9.48. The summed E-state index contributed by atoms with van der Waals surface area (Å²) in [5, 5.41) is 11.1. The van der Waals surface area contributed by atoms with Crippen LogP contribution in [0.15, 0.2) is 30.4 Å². The topological polar surface area (TPSA) is 142 Å². The number of fused-ring (bicyclic) bond motifs is 5. The zero-order valence-corrected chi connectivity index (χ0v) is 16.9. The molecule has 0 unspecified atom stereocenters. The number of ether oxygens (including phenoxy) is 3. The van der Waals surface area contributed by atoms with Crippen LogP contribution in [0.1, 0.15) is 13.8 Å². The van der Waals surface area contributed by atoms with Gasteiger partial charge in [-0.05, 0) is 12.1 Å². The zero-order chi connectivity index (χ0) is 22.7. The molecule has 2 fully saturated rings. The number of halogens is 1. The zero-order valence-electron chi connectivity index (χ0n) is 16.1. The quantitative estimate of drug-likeness (QED) is 0.163. The van der Waals surface area contributed by atoms with Crippen molar-refractivity contribution in [2.75, 3.05) is 4.90 Å². The van der Waals surface area contributed by atoms with Crippen molar-refractivity contribution < 1.29 is 38.3 Å². The molecule has 1 aromatic carbocycles. The molecular formula is C19H15ClN2O9. The van der Waals surface area contributed by atoms with E-state index in [-0.39, 0.29) is 16.4 Å². The van der Waals surface area contributed by atoms with Gasteiger partial charge in [0.15, 0.2) is 5.60 Å². The van der Waals surface area contributed by atoms with Crippen LogP contribution in [0.25, 0.3) is 0 Å². The van der Waals surface area contributed by atoms with Gasteiger partial charge in [-0.1, -0.05) is 17.7 Å². The van der Waals surface area contributed by atoms with Crippen LogP contribution in [-0.2, 0) is 33.4 Å². The maximum Gasteiger partial charge on any atom is 0.305 e. The molecular weight excluding hydrogens is 436 g/mol. The van der Waals surface area contributed by atoms with E-state index < -0.39 is 58.5 Å². The van der Waals surface area contributed by atoms with E-state index in [4.69, 9.17) is 25.8 Å². The molecule has 31 heavy (non-hydrogen) atoms. The molecule has 162 valence electrons. The van der Waals surface area contributed by atoms with Gasteiger partial charge in [0.1, 0.15) is 0 Å². The van der Waals surface area contributed by atoms with Crippen molar-refractivity contribution in [3.63, 3.8) is 0 Å². The van der Waals surface area contributed by atoms with E-state index in [9.17, 15) is 29.3 Å². The number of amides is 2. The molecule has 0 aliphatic carbocycles. The van der Waals surface area contributed by atoms with Gasteiger partial charge >= 0.3 is 11.9 Å². The Labute approximate surface area is 179 Å². The highest BCUT2D eigenvalue weighted by molar-refractivity contribution is 6.36. The van der Waals surface area contributed by atoms with Gasteiger partial charge in [0, 0.05) is 26.0 Å². The van der Waals surface area contributed by atoms with Crippen LogP contribution >= 0.6 is 11.6 Å². The van der Waals surface area contributed by atoms with Gasteiger partial charge in [0.2, 0.25) is 11.8 Å². The lowest BCUT2D eigenvalue weighted by Crippen LogP contribution is -2.52. The third-order valence-electron chi connectivity index (χ3n) is 5.37. The lowest BCUT2D eigenvalue weighted by atomic mass is 9.76. The first kappa shape index (κ1) is 20.9. The summed E-state index contributed by atoms with van der Waals surface area (Å²) in [6.07, 6.45) is 0.484. The molecule has 0 saturated carbocycles. The number of carbonyl (C=O) groups excluding carboxylic acids is 4. The number of esters is 2. The molecule has 0 spiro atoms. The van der Waals surface area contributed by atoms with Gasteiger partial charge in [0.25, 0.3) is 12.0 Å². The maximum absolute atomic E-state index is 13.4. The Hall–Kier alpha value is -3.31. The number of rotatable bonds is 5. The summed E-state index contributed by atoms with van der Waals surface area (Å²) in [5.74, 6) is -5.25. The molecule has 1 aromatic rings. The van der Waals surface area contributed by atoms with Gasteiger partial charge in [-0.25, -0.2) is 4.90 Å². The van der Waals surface area contributed by atoms with Crippen LogP contribution in [0.2, 0.25) is 5.02 Å². The Morgan fingerprint density at radius 1 is 1.23 bits per heavy atom. The summed E-state index contributed by atoms with van der Waals surface area (Å²) < 4.78 is 16.1. The number of imide groups is 1. The summed E-state index contributed by atoms with van der Waals surface area (Å²) in [6.45, 7) is 2.18. The van der Waals surface area contributed by atoms with Crippen molar-refractivity contribution >= 4 is 46.7 Å². The van der Waals surface area contributed by atoms with Gasteiger partial charge in [-0.3, -0.25) is 29.3 Å². The fourth-order valence-corrected chi connectivity index (χ4v) is 4.44. The third-order valence-corrected chi connectivity index (χ3v) is 5.69. The maximum atomic E-state index is 13.4. The minimum absolute atomic E-state index is 0.0425. The first-order chi connectivity index (χ1) is 14.6. The molecule has 2 bridgehead atoms. The highest BCUT2D eigenvalue weighted by atomic mass is 35.5. The van der Waals surface area contributed by atoms with Crippen molar-refractivity contribution in [2.45, 2.75) is 31.8 Å². The number of hydrogen-bond donors (Lipinski definition) is 0. The molecule has 0 radical (unpaired) electrons. The molecule has 2 amide bonds. The first-order valence-electron chi connectivity index (χ1n) is 9.10. The average Bonchev–Trinajstić information content (AvgIpc) is 3.32. The Bertz CT molecular complexity index is 1050. The van der Waals surface area contributed by atoms with Crippen LogP contribution in [0.4, 0.5) is 11.4 Å². The van der Waals surface area contributed by atoms with E-state index in [1.807, 2.05) is 0 Å². The number of anilines is 1. The Balaban J connectivity index is 1.78. The van der Waals surface area contributed by atoms with E-state index in [1.165, 1.54) is 18.2 Å². The summed E-state index contributed by atoms with van der Waals surface area (Å²) in [4.78, 5) is 61.0. The van der Waals surface area contributed by atoms with Crippen LogP contribution in [0, 0.1) is 22.0 Å². The van der Waals surface area contributed by atoms with Crippen LogP contribution < -0.4 is 4.90 Å². The summed E-state index contributed by atoms with van der Waals surface area (Å²) in [5.41, 5.74) is -2.23. The monoisotopic (exact) mass is 450 g/mol. The Morgan fingerprint density at radius 2 is 1.87 bits per heavy atom. The second-order valence-electron chi connectivity index (χ2n) is 7.25. The molecule has 3 heterocycles. The summed E-state index contributed by atoms with van der Waals surface area (Å²) in [7, 11) is 0. The lowest BCUT2D eigenvalue weighted by molar-refractivity contribution is -0.384. The Kier molecular flexibility index (Phi) is 4.82. The number of hydrogen-bond acceptors (Lipinski definition) is 9. The van der Waals surface area contributed by atoms with Crippen molar-refractivity contribution in [1.82, 2.24) is 0 Å². The van der Waals surface area contributed by atoms with Crippen molar-refractivity contribution in [3.8, 4) is 0 Å².